The zero-order valence-corrected chi connectivity index (χ0v) is 9.87. The Bertz CT molecular complexity index is 403. The van der Waals surface area contributed by atoms with Crippen molar-refractivity contribution >= 4 is 22.8 Å². The zero-order valence-electron chi connectivity index (χ0n) is 9.05. The van der Waals surface area contributed by atoms with E-state index in [0.29, 0.717) is 18.3 Å². The standard InChI is InChI=1S/C12H13NO2S/c1-9(14)16-8-11-7-15-12(13-11)10-5-3-2-4-6-10/h2-6,11H,7-8H2,1H3. The summed E-state index contributed by atoms with van der Waals surface area (Å²) in [5.41, 5.74) is 0.998. The van der Waals surface area contributed by atoms with Crippen LogP contribution in [0.5, 0.6) is 0 Å². The van der Waals surface area contributed by atoms with Crippen molar-refractivity contribution in [2.45, 2.75) is 13.0 Å². The summed E-state index contributed by atoms with van der Waals surface area (Å²) < 4.78 is 5.51. The fourth-order valence-electron chi connectivity index (χ4n) is 1.45. The topological polar surface area (TPSA) is 38.7 Å². The van der Waals surface area contributed by atoms with Crippen LogP contribution >= 0.6 is 11.8 Å². The highest BCUT2D eigenvalue weighted by Gasteiger charge is 2.20. The first kappa shape index (κ1) is 11.2. The number of aliphatic imine (C=N–C) groups is 1. The molecule has 1 aromatic carbocycles. The smallest absolute Gasteiger partial charge is 0.216 e. The molecule has 3 nitrogen and oxygen atoms in total. The first-order chi connectivity index (χ1) is 7.75. The lowest BCUT2D eigenvalue weighted by Crippen LogP contribution is -2.10. The minimum atomic E-state index is 0.101. The first-order valence-corrected chi connectivity index (χ1v) is 6.13. The van der Waals surface area contributed by atoms with Crippen molar-refractivity contribution in [1.29, 1.82) is 0 Å². The predicted molar refractivity (Wildman–Crippen MR) is 65.9 cm³/mol. The van der Waals surface area contributed by atoms with Crippen molar-refractivity contribution in [2.24, 2.45) is 4.99 Å². The van der Waals surface area contributed by atoms with E-state index >= 15 is 0 Å². The Balaban J connectivity index is 1.98. The van der Waals surface area contributed by atoms with E-state index in [-0.39, 0.29) is 11.2 Å². The fraction of sp³-hybridized carbons (Fsp3) is 0.333. The molecule has 0 saturated carbocycles. The van der Waals surface area contributed by atoms with Crippen LogP contribution in [0.15, 0.2) is 35.3 Å². The number of thioether (sulfide) groups is 1. The molecule has 1 aromatic rings. The second kappa shape index (κ2) is 5.16. The van der Waals surface area contributed by atoms with Gasteiger partial charge in [0.2, 0.25) is 5.90 Å². The molecule has 1 atom stereocenters. The van der Waals surface area contributed by atoms with Gasteiger partial charge in [0.1, 0.15) is 6.61 Å². The van der Waals surface area contributed by atoms with Gasteiger partial charge in [-0.2, -0.15) is 0 Å². The highest BCUT2D eigenvalue weighted by Crippen LogP contribution is 2.15. The fourth-order valence-corrected chi connectivity index (χ4v) is 2.05. The van der Waals surface area contributed by atoms with Crippen molar-refractivity contribution < 1.29 is 9.53 Å². The molecule has 0 amide bonds. The van der Waals surface area contributed by atoms with Crippen LogP contribution in [0.4, 0.5) is 0 Å². The number of hydrogen-bond donors (Lipinski definition) is 0. The van der Waals surface area contributed by atoms with Gasteiger partial charge in [0, 0.05) is 18.2 Å². The van der Waals surface area contributed by atoms with Gasteiger partial charge in [-0.15, -0.1) is 0 Å². The first-order valence-electron chi connectivity index (χ1n) is 5.15. The molecule has 0 fully saturated rings. The summed E-state index contributed by atoms with van der Waals surface area (Å²) >= 11 is 1.30. The molecule has 4 heteroatoms. The second-order valence-corrected chi connectivity index (χ2v) is 4.76. The molecule has 16 heavy (non-hydrogen) atoms. The Morgan fingerprint density at radius 1 is 1.50 bits per heavy atom. The van der Waals surface area contributed by atoms with Gasteiger partial charge in [-0.1, -0.05) is 30.0 Å². The third-order valence-electron chi connectivity index (χ3n) is 2.21. The lowest BCUT2D eigenvalue weighted by atomic mass is 10.2. The number of carbonyl (C=O) groups is 1. The minimum Gasteiger partial charge on any atom is -0.475 e. The largest absolute Gasteiger partial charge is 0.475 e. The van der Waals surface area contributed by atoms with Gasteiger partial charge >= 0.3 is 0 Å². The van der Waals surface area contributed by atoms with Gasteiger partial charge in [-0.05, 0) is 12.1 Å². The van der Waals surface area contributed by atoms with Crippen molar-refractivity contribution in [3.8, 4) is 0 Å². The molecule has 1 heterocycles. The molecule has 0 spiro atoms. The molecule has 0 saturated heterocycles. The van der Waals surface area contributed by atoms with Crippen LogP contribution in [0.25, 0.3) is 0 Å². The number of carbonyl (C=O) groups excluding carboxylic acids is 1. The summed E-state index contributed by atoms with van der Waals surface area (Å²) in [6.07, 6.45) is 0. The normalized spacial score (nSPS) is 19.1. The van der Waals surface area contributed by atoms with Crippen LogP contribution in [0.3, 0.4) is 0 Å². The molecule has 2 rings (SSSR count). The van der Waals surface area contributed by atoms with Gasteiger partial charge in [0.25, 0.3) is 0 Å². The van der Waals surface area contributed by atoms with Gasteiger partial charge in [0.15, 0.2) is 5.12 Å². The van der Waals surface area contributed by atoms with E-state index in [2.05, 4.69) is 4.99 Å². The maximum absolute atomic E-state index is 10.8. The van der Waals surface area contributed by atoms with Crippen molar-refractivity contribution in [3.05, 3.63) is 35.9 Å². The quantitative estimate of drug-likeness (QED) is 0.805. The SMILES string of the molecule is CC(=O)SCC1COC(c2ccccc2)=N1. The van der Waals surface area contributed by atoms with Crippen LogP contribution < -0.4 is 0 Å². The third-order valence-corrected chi connectivity index (χ3v) is 3.17. The Kier molecular flexibility index (Phi) is 3.62. The maximum atomic E-state index is 10.8. The summed E-state index contributed by atoms with van der Waals surface area (Å²) in [5.74, 6) is 1.39. The molecular weight excluding hydrogens is 222 g/mol. The lowest BCUT2D eigenvalue weighted by Gasteiger charge is -2.00. The van der Waals surface area contributed by atoms with E-state index in [1.54, 1.807) is 6.92 Å². The summed E-state index contributed by atoms with van der Waals surface area (Å²) in [6.45, 7) is 2.15. The molecule has 84 valence electrons. The van der Waals surface area contributed by atoms with E-state index in [9.17, 15) is 4.79 Å². The highest BCUT2D eigenvalue weighted by atomic mass is 32.2. The van der Waals surface area contributed by atoms with Gasteiger partial charge in [-0.3, -0.25) is 4.79 Å². The second-order valence-electron chi connectivity index (χ2n) is 3.57. The Morgan fingerprint density at radius 3 is 2.94 bits per heavy atom. The predicted octanol–water partition coefficient (Wildman–Crippen LogP) is 2.11. The molecule has 0 aromatic heterocycles. The molecule has 0 bridgehead atoms. The van der Waals surface area contributed by atoms with Crippen LogP contribution in [-0.2, 0) is 9.53 Å². The molecule has 1 unspecified atom stereocenters. The Labute approximate surface area is 98.9 Å². The van der Waals surface area contributed by atoms with E-state index in [0.717, 1.165) is 5.56 Å². The van der Waals surface area contributed by atoms with Crippen LogP contribution in [0.1, 0.15) is 12.5 Å². The van der Waals surface area contributed by atoms with Gasteiger partial charge in [-0.25, -0.2) is 4.99 Å². The number of nitrogens with zero attached hydrogens (tertiary/aromatic N) is 1. The van der Waals surface area contributed by atoms with Crippen LogP contribution in [-0.4, -0.2) is 29.4 Å². The average Bonchev–Trinajstić information content (AvgIpc) is 2.76. The van der Waals surface area contributed by atoms with Crippen LogP contribution in [0, 0.1) is 0 Å². The molecular formula is C12H13NO2S. The molecule has 0 radical (unpaired) electrons. The van der Waals surface area contributed by atoms with E-state index < -0.39 is 0 Å². The molecule has 0 aliphatic carbocycles. The van der Waals surface area contributed by atoms with E-state index in [4.69, 9.17) is 4.74 Å². The van der Waals surface area contributed by atoms with E-state index in [1.165, 1.54) is 11.8 Å². The molecule has 1 aliphatic rings. The molecule has 0 N–H and O–H groups in total. The van der Waals surface area contributed by atoms with Crippen molar-refractivity contribution in [3.63, 3.8) is 0 Å². The summed E-state index contributed by atoms with van der Waals surface area (Å²) in [4.78, 5) is 15.3. The number of benzene rings is 1. The molecule has 1 aliphatic heterocycles. The summed E-state index contributed by atoms with van der Waals surface area (Å²) in [6, 6.07) is 9.92. The van der Waals surface area contributed by atoms with Gasteiger partial charge < -0.3 is 4.74 Å². The number of ether oxygens (including phenoxy) is 1. The monoisotopic (exact) mass is 235 g/mol. The number of rotatable bonds is 3. The Hall–Kier alpha value is -1.29. The summed E-state index contributed by atoms with van der Waals surface area (Å²) in [5, 5.41) is 0.128. The summed E-state index contributed by atoms with van der Waals surface area (Å²) in [7, 11) is 0. The Morgan fingerprint density at radius 2 is 2.25 bits per heavy atom. The van der Waals surface area contributed by atoms with Crippen molar-refractivity contribution in [2.75, 3.05) is 12.4 Å². The third kappa shape index (κ3) is 2.85. The number of hydrogen-bond acceptors (Lipinski definition) is 4. The van der Waals surface area contributed by atoms with Crippen LogP contribution in [0.2, 0.25) is 0 Å². The van der Waals surface area contributed by atoms with E-state index in [1.807, 2.05) is 30.3 Å². The van der Waals surface area contributed by atoms with Gasteiger partial charge in [0.05, 0.1) is 6.04 Å². The minimum absolute atomic E-state index is 0.101. The highest BCUT2D eigenvalue weighted by molar-refractivity contribution is 8.13. The maximum Gasteiger partial charge on any atom is 0.216 e. The lowest BCUT2D eigenvalue weighted by molar-refractivity contribution is -0.109. The van der Waals surface area contributed by atoms with Crippen molar-refractivity contribution in [1.82, 2.24) is 0 Å². The zero-order chi connectivity index (χ0) is 11.4. The average molecular weight is 235 g/mol.